The van der Waals surface area contributed by atoms with Gasteiger partial charge >= 0.3 is 0 Å². The van der Waals surface area contributed by atoms with E-state index in [2.05, 4.69) is 41.1 Å². The first-order valence-corrected chi connectivity index (χ1v) is 9.21. The number of nitrogens with zero attached hydrogens (tertiary/aromatic N) is 4. The smallest absolute Gasteiger partial charge is 0.228 e. The van der Waals surface area contributed by atoms with E-state index in [1.165, 1.54) is 5.56 Å². The highest BCUT2D eigenvalue weighted by atomic mass is 16.2. The van der Waals surface area contributed by atoms with Gasteiger partial charge in [0.2, 0.25) is 5.91 Å². The Labute approximate surface area is 156 Å². The molecule has 2 heterocycles. The lowest BCUT2D eigenvalue weighted by molar-refractivity contribution is -0.139. The number of aryl methyl sites for hydroxylation is 2. The van der Waals surface area contributed by atoms with Gasteiger partial charge in [-0.25, -0.2) is 9.97 Å². The SMILES string of the molecule is Cc1ccc(-c2nc(C)cc(N3CCN(C(=O)C(C)(C)C)CC3)n2)cc1. The van der Waals surface area contributed by atoms with Gasteiger partial charge in [0.25, 0.3) is 0 Å². The van der Waals surface area contributed by atoms with Crippen LogP contribution in [0.4, 0.5) is 5.82 Å². The summed E-state index contributed by atoms with van der Waals surface area (Å²) in [6, 6.07) is 10.3. The van der Waals surface area contributed by atoms with Crippen molar-refractivity contribution in [3.8, 4) is 11.4 Å². The number of aromatic nitrogens is 2. The van der Waals surface area contributed by atoms with Crippen molar-refractivity contribution >= 4 is 11.7 Å². The molecule has 1 amide bonds. The van der Waals surface area contributed by atoms with E-state index in [-0.39, 0.29) is 11.3 Å². The molecule has 0 spiro atoms. The third kappa shape index (κ3) is 4.03. The van der Waals surface area contributed by atoms with Gasteiger partial charge < -0.3 is 9.80 Å². The Kier molecular flexibility index (Phi) is 4.99. The third-order valence-electron chi connectivity index (χ3n) is 4.68. The molecule has 26 heavy (non-hydrogen) atoms. The normalized spacial score (nSPS) is 15.3. The third-order valence-corrected chi connectivity index (χ3v) is 4.68. The van der Waals surface area contributed by atoms with E-state index in [9.17, 15) is 4.79 Å². The molecule has 1 saturated heterocycles. The Balaban J connectivity index is 1.77. The van der Waals surface area contributed by atoms with Gasteiger partial charge in [0.1, 0.15) is 5.82 Å². The molecule has 5 heteroatoms. The summed E-state index contributed by atoms with van der Waals surface area (Å²) in [5.41, 5.74) is 2.88. The number of rotatable bonds is 2. The predicted octanol–water partition coefficient (Wildman–Crippen LogP) is 3.46. The zero-order valence-electron chi connectivity index (χ0n) is 16.4. The van der Waals surface area contributed by atoms with Gasteiger partial charge in [-0.3, -0.25) is 4.79 Å². The number of piperazine rings is 1. The van der Waals surface area contributed by atoms with Crippen LogP contribution in [0.3, 0.4) is 0 Å². The van der Waals surface area contributed by atoms with Crippen molar-refractivity contribution in [1.82, 2.24) is 14.9 Å². The molecular weight excluding hydrogens is 324 g/mol. The summed E-state index contributed by atoms with van der Waals surface area (Å²) in [5, 5.41) is 0. The van der Waals surface area contributed by atoms with Gasteiger partial charge in [-0.05, 0) is 13.8 Å². The fourth-order valence-corrected chi connectivity index (χ4v) is 3.16. The highest BCUT2D eigenvalue weighted by molar-refractivity contribution is 5.81. The highest BCUT2D eigenvalue weighted by Crippen LogP contribution is 2.23. The van der Waals surface area contributed by atoms with Crippen molar-refractivity contribution in [2.45, 2.75) is 34.6 Å². The van der Waals surface area contributed by atoms with Crippen LogP contribution in [0.5, 0.6) is 0 Å². The van der Waals surface area contributed by atoms with Crippen molar-refractivity contribution in [2.24, 2.45) is 5.41 Å². The van der Waals surface area contributed by atoms with Crippen LogP contribution in [0.25, 0.3) is 11.4 Å². The molecule has 1 fully saturated rings. The minimum Gasteiger partial charge on any atom is -0.353 e. The number of benzene rings is 1. The Morgan fingerprint density at radius 1 is 0.962 bits per heavy atom. The van der Waals surface area contributed by atoms with Crippen molar-refractivity contribution < 1.29 is 4.79 Å². The van der Waals surface area contributed by atoms with Gasteiger partial charge in [0.15, 0.2) is 5.82 Å². The lowest BCUT2D eigenvalue weighted by Crippen LogP contribution is -2.51. The summed E-state index contributed by atoms with van der Waals surface area (Å²) in [4.78, 5) is 26.1. The summed E-state index contributed by atoms with van der Waals surface area (Å²) >= 11 is 0. The molecule has 138 valence electrons. The van der Waals surface area contributed by atoms with Gasteiger partial charge in [-0.1, -0.05) is 50.6 Å². The first-order chi connectivity index (χ1) is 12.2. The zero-order valence-corrected chi connectivity index (χ0v) is 16.4. The molecular formula is C21H28N4O. The van der Waals surface area contributed by atoms with E-state index in [1.807, 2.05) is 38.7 Å². The topological polar surface area (TPSA) is 49.3 Å². The highest BCUT2D eigenvalue weighted by Gasteiger charge is 2.30. The monoisotopic (exact) mass is 352 g/mol. The summed E-state index contributed by atoms with van der Waals surface area (Å²) < 4.78 is 0. The quantitative estimate of drug-likeness (QED) is 0.830. The van der Waals surface area contributed by atoms with Gasteiger partial charge in [-0.2, -0.15) is 0 Å². The van der Waals surface area contributed by atoms with Crippen molar-refractivity contribution in [1.29, 1.82) is 0 Å². The largest absolute Gasteiger partial charge is 0.353 e. The van der Waals surface area contributed by atoms with E-state index in [0.29, 0.717) is 0 Å². The molecule has 5 nitrogen and oxygen atoms in total. The Bertz CT molecular complexity index is 785. The molecule has 1 aliphatic rings. The number of carbonyl (C=O) groups is 1. The average molecular weight is 352 g/mol. The second kappa shape index (κ2) is 7.06. The Morgan fingerprint density at radius 3 is 2.15 bits per heavy atom. The van der Waals surface area contributed by atoms with Crippen molar-refractivity contribution in [3.63, 3.8) is 0 Å². The number of anilines is 1. The van der Waals surface area contributed by atoms with Gasteiger partial charge in [0, 0.05) is 48.9 Å². The number of carbonyl (C=O) groups excluding carboxylic acids is 1. The minimum atomic E-state index is -0.327. The first kappa shape index (κ1) is 18.4. The lowest BCUT2D eigenvalue weighted by atomic mass is 9.94. The van der Waals surface area contributed by atoms with E-state index >= 15 is 0 Å². The maximum Gasteiger partial charge on any atom is 0.228 e. The van der Waals surface area contributed by atoms with Crippen LogP contribution in [0.2, 0.25) is 0 Å². The number of hydrogen-bond acceptors (Lipinski definition) is 4. The lowest BCUT2D eigenvalue weighted by Gasteiger charge is -2.38. The van der Waals surface area contributed by atoms with Gasteiger partial charge in [-0.15, -0.1) is 0 Å². The summed E-state index contributed by atoms with van der Waals surface area (Å²) in [6.07, 6.45) is 0. The van der Waals surface area contributed by atoms with E-state index in [4.69, 9.17) is 4.98 Å². The van der Waals surface area contributed by atoms with Crippen molar-refractivity contribution in [2.75, 3.05) is 31.1 Å². The number of amides is 1. The van der Waals surface area contributed by atoms with Crippen LogP contribution >= 0.6 is 0 Å². The molecule has 0 aliphatic carbocycles. The molecule has 0 N–H and O–H groups in total. The van der Waals surface area contributed by atoms with Crippen molar-refractivity contribution in [3.05, 3.63) is 41.6 Å². The number of hydrogen-bond donors (Lipinski definition) is 0. The molecule has 0 bridgehead atoms. The fourth-order valence-electron chi connectivity index (χ4n) is 3.16. The standard InChI is InChI=1S/C21H28N4O/c1-15-6-8-17(9-7-15)19-22-16(2)14-18(23-19)24-10-12-25(13-11-24)20(26)21(3,4)5/h6-9,14H,10-13H2,1-5H3. The maximum absolute atomic E-state index is 12.5. The molecule has 3 rings (SSSR count). The van der Waals surface area contributed by atoms with Gasteiger partial charge in [0.05, 0.1) is 0 Å². The van der Waals surface area contributed by atoms with E-state index in [1.54, 1.807) is 0 Å². The van der Waals surface area contributed by atoms with Crippen LogP contribution < -0.4 is 4.90 Å². The Hall–Kier alpha value is -2.43. The summed E-state index contributed by atoms with van der Waals surface area (Å²) in [7, 11) is 0. The van der Waals surface area contributed by atoms with Crippen LogP contribution in [-0.4, -0.2) is 47.0 Å². The molecule has 0 unspecified atom stereocenters. The molecule has 1 aliphatic heterocycles. The molecule has 2 aromatic rings. The summed E-state index contributed by atoms with van der Waals surface area (Å²) in [5.74, 6) is 1.92. The predicted molar refractivity (Wildman–Crippen MR) is 105 cm³/mol. The minimum absolute atomic E-state index is 0.219. The Morgan fingerprint density at radius 2 is 1.58 bits per heavy atom. The summed E-state index contributed by atoms with van der Waals surface area (Å²) in [6.45, 7) is 13.1. The average Bonchev–Trinajstić information content (AvgIpc) is 2.60. The fraction of sp³-hybridized carbons (Fsp3) is 0.476. The van der Waals surface area contributed by atoms with E-state index in [0.717, 1.165) is 49.1 Å². The molecule has 0 saturated carbocycles. The molecule has 0 radical (unpaired) electrons. The van der Waals surface area contributed by atoms with Crippen LogP contribution in [-0.2, 0) is 4.79 Å². The second-order valence-electron chi connectivity index (χ2n) is 8.09. The van der Waals surface area contributed by atoms with Crippen LogP contribution in [0.1, 0.15) is 32.0 Å². The molecule has 1 aromatic carbocycles. The van der Waals surface area contributed by atoms with E-state index < -0.39 is 0 Å². The first-order valence-electron chi connectivity index (χ1n) is 9.21. The maximum atomic E-state index is 12.5. The van der Waals surface area contributed by atoms with Crippen LogP contribution in [0, 0.1) is 19.3 Å². The molecule has 1 aromatic heterocycles. The zero-order chi connectivity index (χ0) is 18.9. The molecule has 0 atom stereocenters. The van der Waals surface area contributed by atoms with Crippen LogP contribution in [0.15, 0.2) is 30.3 Å². The second-order valence-corrected chi connectivity index (χ2v) is 8.09.